The van der Waals surface area contributed by atoms with Gasteiger partial charge in [-0.25, -0.2) is 9.97 Å². The van der Waals surface area contributed by atoms with Gasteiger partial charge in [-0.2, -0.15) is 4.98 Å². The SMILES string of the molecule is CCCCc1noc(CSc2nc(-c3ccco3)nc3ccccc23)n1. The first kappa shape index (κ1) is 16.8. The predicted molar refractivity (Wildman–Crippen MR) is 99.7 cm³/mol. The van der Waals surface area contributed by atoms with Crippen LogP contribution in [0.1, 0.15) is 31.5 Å². The second kappa shape index (κ2) is 7.70. The number of benzene rings is 1. The van der Waals surface area contributed by atoms with Gasteiger partial charge in [0, 0.05) is 11.8 Å². The summed E-state index contributed by atoms with van der Waals surface area (Å²) in [5.74, 6) is 3.18. The Hall–Kier alpha value is -2.67. The van der Waals surface area contributed by atoms with Crippen LogP contribution < -0.4 is 0 Å². The standard InChI is InChI=1S/C19H18N4O2S/c1-2-3-10-16-21-17(25-23-16)12-26-19-13-7-4-5-8-14(13)20-18(22-19)15-9-6-11-24-15/h4-9,11H,2-3,10,12H2,1H3. The molecule has 0 saturated heterocycles. The van der Waals surface area contributed by atoms with Crippen LogP contribution in [0.3, 0.4) is 0 Å². The molecular formula is C19H18N4O2S. The number of aromatic nitrogens is 4. The predicted octanol–water partition coefficient (Wildman–Crippen LogP) is 4.91. The average molecular weight is 366 g/mol. The average Bonchev–Trinajstić information content (AvgIpc) is 3.36. The number of rotatable bonds is 7. The molecule has 0 unspecified atom stereocenters. The third-order valence-electron chi connectivity index (χ3n) is 3.91. The van der Waals surface area contributed by atoms with Crippen molar-refractivity contribution >= 4 is 22.7 Å². The molecule has 0 spiro atoms. The molecule has 7 heteroatoms. The summed E-state index contributed by atoms with van der Waals surface area (Å²) < 4.78 is 10.8. The molecule has 3 heterocycles. The van der Waals surface area contributed by atoms with Crippen LogP contribution >= 0.6 is 11.8 Å². The summed E-state index contributed by atoms with van der Waals surface area (Å²) in [7, 11) is 0. The number of aryl methyl sites for hydroxylation is 1. The van der Waals surface area contributed by atoms with E-state index in [4.69, 9.17) is 8.94 Å². The van der Waals surface area contributed by atoms with E-state index in [9.17, 15) is 0 Å². The maximum Gasteiger partial charge on any atom is 0.237 e. The first-order valence-corrected chi connectivity index (χ1v) is 9.57. The van der Waals surface area contributed by atoms with Gasteiger partial charge in [0.05, 0.1) is 17.5 Å². The quantitative estimate of drug-likeness (QED) is 0.340. The molecule has 1 aromatic carbocycles. The van der Waals surface area contributed by atoms with Crippen molar-refractivity contribution in [1.29, 1.82) is 0 Å². The van der Waals surface area contributed by atoms with E-state index in [1.54, 1.807) is 18.0 Å². The Kier molecular flexibility index (Phi) is 4.97. The Balaban J connectivity index is 1.60. The van der Waals surface area contributed by atoms with E-state index >= 15 is 0 Å². The molecule has 0 N–H and O–H groups in total. The Morgan fingerprint density at radius 1 is 1.04 bits per heavy atom. The Morgan fingerprint density at radius 2 is 1.96 bits per heavy atom. The topological polar surface area (TPSA) is 77.8 Å². The van der Waals surface area contributed by atoms with E-state index in [1.165, 1.54) is 0 Å². The van der Waals surface area contributed by atoms with Crippen LogP contribution in [0.2, 0.25) is 0 Å². The largest absolute Gasteiger partial charge is 0.461 e. The van der Waals surface area contributed by atoms with E-state index in [1.807, 2.05) is 36.4 Å². The molecular weight excluding hydrogens is 348 g/mol. The zero-order valence-corrected chi connectivity index (χ0v) is 15.2. The van der Waals surface area contributed by atoms with Crippen LogP contribution in [0.4, 0.5) is 0 Å². The molecule has 0 saturated carbocycles. The number of hydrogen-bond donors (Lipinski definition) is 0. The zero-order chi connectivity index (χ0) is 17.8. The summed E-state index contributed by atoms with van der Waals surface area (Å²) in [6.07, 6.45) is 4.65. The summed E-state index contributed by atoms with van der Waals surface area (Å²) in [6.45, 7) is 2.15. The van der Waals surface area contributed by atoms with Gasteiger partial charge >= 0.3 is 0 Å². The Bertz CT molecular complexity index is 998. The molecule has 3 aromatic heterocycles. The van der Waals surface area contributed by atoms with Crippen molar-refractivity contribution in [3.8, 4) is 11.6 Å². The molecule has 26 heavy (non-hydrogen) atoms. The van der Waals surface area contributed by atoms with E-state index < -0.39 is 0 Å². The van der Waals surface area contributed by atoms with E-state index in [2.05, 4.69) is 27.0 Å². The number of furan rings is 1. The minimum atomic E-state index is 0.567. The van der Waals surface area contributed by atoms with Crippen molar-refractivity contribution in [2.24, 2.45) is 0 Å². The van der Waals surface area contributed by atoms with Crippen molar-refractivity contribution < 1.29 is 8.94 Å². The van der Waals surface area contributed by atoms with Gasteiger partial charge in [0.1, 0.15) is 5.03 Å². The summed E-state index contributed by atoms with van der Waals surface area (Å²) >= 11 is 1.56. The van der Waals surface area contributed by atoms with Gasteiger partial charge in [-0.3, -0.25) is 0 Å². The van der Waals surface area contributed by atoms with Gasteiger partial charge in [0.2, 0.25) is 5.89 Å². The molecule has 0 aliphatic heterocycles. The maximum absolute atomic E-state index is 5.45. The molecule has 0 amide bonds. The van der Waals surface area contributed by atoms with Crippen LogP contribution in [0.15, 0.2) is 56.6 Å². The second-order valence-corrected chi connectivity index (χ2v) is 6.81. The number of thioether (sulfide) groups is 1. The molecule has 0 atom stereocenters. The molecule has 0 aliphatic carbocycles. The normalized spacial score (nSPS) is 11.3. The Labute approximate surface area is 155 Å². The monoisotopic (exact) mass is 366 g/mol. The molecule has 4 aromatic rings. The van der Waals surface area contributed by atoms with Gasteiger partial charge in [0.25, 0.3) is 0 Å². The molecule has 0 fully saturated rings. The first-order valence-electron chi connectivity index (χ1n) is 8.58. The zero-order valence-electron chi connectivity index (χ0n) is 14.4. The lowest BCUT2D eigenvalue weighted by Gasteiger charge is -2.06. The number of nitrogens with zero attached hydrogens (tertiary/aromatic N) is 4. The van der Waals surface area contributed by atoms with Crippen LogP contribution in [-0.2, 0) is 12.2 Å². The van der Waals surface area contributed by atoms with E-state index in [0.717, 1.165) is 41.0 Å². The fourth-order valence-electron chi connectivity index (χ4n) is 2.59. The summed E-state index contributed by atoms with van der Waals surface area (Å²) in [5.41, 5.74) is 0.880. The van der Waals surface area contributed by atoms with Gasteiger partial charge < -0.3 is 8.94 Å². The number of unbranched alkanes of at least 4 members (excludes halogenated alkanes) is 1. The van der Waals surface area contributed by atoms with E-state index in [-0.39, 0.29) is 0 Å². The lowest BCUT2D eigenvalue weighted by molar-refractivity contribution is 0.384. The number of hydrogen-bond acceptors (Lipinski definition) is 7. The van der Waals surface area contributed by atoms with Crippen molar-refractivity contribution in [2.45, 2.75) is 37.0 Å². The van der Waals surface area contributed by atoms with Gasteiger partial charge in [-0.1, -0.05) is 48.5 Å². The van der Waals surface area contributed by atoms with E-state index in [0.29, 0.717) is 23.2 Å². The van der Waals surface area contributed by atoms with Crippen molar-refractivity contribution in [1.82, 2.24) is 20.1 Å². The third kappa shape index (κ3) is 3.62. The smallest absolute Gasteiger partial charge is 0.237 e. The fourth-order valence-corrected chi connectivity index (χ4v) is 3.45. The molecule has 0 bridgehead atoms. The lowest BCUT2D eigenvalue weighted by atomic mass is 10.2. The molecule has 0 radical (unpaired) electrons. The highest BCUT2D eigenvalue weighted by atomic mass is 32.2. The highest BCUT2D eigenvalue weighted by Crippen LogP contribution is 2.30. The fraction of sp³-hybridized carbons (Fsp3) is 0.263. The highest BCUT2D eigenvalue weighted by molar-refractivity contribution is 7.98. The molecule has 4 rings (SSSR count). The van der Waals surface area contributed by atoms with Gasteiger partial charge in [0.15, 0.2) is 17.4 Å². The van der Waals surface area contributed by atoms with Crippen LogP contribution in [-0.4, -0.2) is 20.1 Å². The maximum atomic E-state index is 5.45. The third-order valence-corrected chi connectivity index (χ3v) is 4.88. The minimum Gasteiger partial charge on any atom is -0.461 e. The minimum absolute atomic E-state index is 0.567. The molecule has 0 aliphatic rings. The van der Waals surface area contributed by atoms with Gasteiger partial charge in [-0.05, 0) is 24.6 Å². The van der Waals surface area contributed by atoms with Crippen LogP contribution in [0.5, 0.6) is 0 Å². The number of fused-ring (bicyclic) bond motifs is 1. The van der Waals surface area contributed by atoms with Crippen molar-refractivity contribution in [2.75, 3.05) is 0 Å². The summed E-state index contributed by atoms with van der Waals surface area (Å²) in [5, 5.41) is 5.91. The summed E-state index contributed by atoms with van der Waals surface area (Å²) in [6, 6.07) is 11.6. The summed E-state index contributed by atoms with van der Waals surface area (Å²) in [4.78, 5) is 13.7. The van der Waals surface area contributed by atoms with Crippen LogP contribution in [0, 0.1) is 0 Å². The van der Waals surface area contributed by atoms with Crippen molar-refractivity contribution in [3.63, 3.8) is 0 Å². The number of para-hydroxylation sites is 1. The highest BCUT2D eigenvalue weighted by Gasteiger charge is 2.13. The Morgan fingerprint density at radius 3 is 2.81 bits per heavy atom. The van der Waals surface area contributed by atoms with Gasteiger partial charge in [-0.15, -0.1) is 0 Å². The van der Waals surface area contributed by atoms with Crippen molar-refractivity contribution in [3.05, 3.63) is 54.4 Å². The molecule has 6 nitrogen and oxygen atoms in total. The molecule has 132 valence electrons. The first-order chi connectivity index (χ1) is 12.8. The van der Waals surface area contributed by atoms with Crippen LogP contribution in [0.25, 0.3) is 22.5 Å². The lowest BCUT2D eigenvalue weighted by Crippen LogP contribution is -1.94. The second-order valence-electron chi connectivity index (χ2n) is 5.84.